The van der Waals surface area contributed by atoms with Crippen LogP contribution in [0.4, 0.5) is 0 Å². The summed E-state index contributed by atoms with van der Waals surface area (Å²) in [4.78, 5) is 38.5. The maximum absolute atomic E-state index is 13.0. The molecule has 0 bridgehead atoms. The minimum atomic E-state index is -0.802. The van der Waals surface area contributed by atoms with Gasteiger partial charge in [-0.1, -0.05) is 343 Å². The highest BCUT2D eigenvalue weighted by atomic mass is 16.6. The van der Waals surface area contributed by atoms with Crippen LogP contribution in [-0.4, -0.2) is 37.2 Å². The number of unbranched alkanes of at least 4 members (excludes halogenated alkanes) is 41. The van der Waals surface area contributed by atoms with E-state index in [0.29, 0.717) is 19.3 Å². The molecule has 480 valence electrons. The van der Waals surface area contributed by atoms with E-state index in [1.807, 2.05) is 0 Å². The lowest BCUT2D eigenvalue weighted by molar-refractivity contribution is -0.167. The molecule has 6 heteroatoms. The van der Waals surface area contributed by atoms with E-state index in [4.69, 9.17) is 14.2 Å². The quantitative estimate of drug-likeness (QED) is 0.0261. The molecule has 0 heterocycles. The van der Waals surface area contributed by atoms with Crippen molar-refractivity contribution in [2.45, 2.75) is 374 Å². The van der Waals surface area contributed by atoms with Crippen LogP contribution in [0.1, 0.15) is 367 Å². The van der Waals surface area contributed by atoms with Gasteiger partial charge >= 0.3 is 17.9 Å². The average Bonchev–Trinajstić information content (AvgIpc) is 3.49. The first kappa shape index (κ1) is 79.6. The summed E-state index contributed by atoms with van der Waals surface area (Å²) in [6.07, 6.45) is 94.8. The van der Waals surface area contributed by atoms with Gasteiger partial charge in [-0.3, -0.25) is 14.4 Å². The molecule has 83 heavy (non-hydrogen) atoms. The van der Waals surface area contributed by atoms with Gasteiger partial charge in [0.2, 0.25) is 0 Å². The zero-order chi connectivity index (χ0) is 59.9. The number of hydrogen-bond donors (Lipinski definition) is 0. The lowest BCUT2D eigenvalue weighted by Crippen LogP contribution is -2.30. The average molecular weight is 1160 g/mol. The first-order valence-corrected chi connectivity index (χ1v) is 36.1. The van der Waals surface area contributed by atoms with Crippen LogP contribution < -0.4 is 0 Å². The van der Waals surface area contributed by atoms with Crippen molar-refractivity contribution >= 4 is 17.9 Å². The zero-order valence-corrected chi connectivity index (χ0v) is 55.2. The minimum Gasteiger partial charge on any atom is -0.462 e. The molecule has 0 spiro atoms. The molecule has 1 atom stereocenters. The number of carbonyl (C=O) groups is 3. The molecule has 0 aromatic carbocycles. The van der Waals surface area contributed by atoms with Crippen molar-refractivity contribution in [3.8, 4) is 0 Å². The summed E-state index contributed by atoms with van der Waals surface area (Å²) in [6.45, 7) is 6.53. The van der Waals surface area contributed by atoms with Crippen molar-refractivity contribution in [2.75, 3.05) is 13.2 Å². The minimum absolute atomic E-state index is 0.0917. The lowest BCUT2D eigenvalue weighted by Gasteiger charge is -2.18. The molecule has 0 aliphatic heterocycles. The molecule has 0 fully saturated rings. The monoisotopic (exact) mass is 1160 g/mol. The first-order valence-electron chi connectivity index (χ1n) is 36.1. The third-order valence-electron chi connectivity index (χ3n) is 15.9. The molecule has 0 amide bonds. The van der Waals surface area contributed by atoms with Crippen LogP contribution in [0.25, 0.3) is 0 Å². The van der Waals surface area contributed by atoms with Gasteiger partial charge < -0.3 is 14.2 Å². The normalized spacial score (nSPS) is 12.6. The van der Waals surface area contributed by atoms with Gasteiger partial charge in [-0.25, -0.2) is 0 Å². The standard InChI is InChI=1S/C77H136O6/c1-4-7-10-13-16-19-22-25-28-31-33-35-37-38-40-41-43-46-49-52-55-58-61-64-67-70-76(79)82-73-74(72-81-75(78)69-66-63-60-57-54-51-48-45-30-27-24-21-18-15-12-9-6-3)83-77(80)71-68-65-62-59-56-53-50-47-44-42-39-36-34-32-29-26-23-20-17-14-11-8-5-2/h9,12,18,21,23,26-27,30,32,34,48,51,57,60,74H,4-8,10-11,13-17,19-20,22,24-25,28-29,31,33,35-47,49-50,52-56,58-59,61-73H2,1-3H3/b12-9-,21-18-,26-23-,30-27-,34-32-,51-48-,60-57-. The van der Waals surface area contributed by atoms with Crippen molar-refractivity contribution in [3.63, 3.8) is 0 Å². The first-order chi connectivity index (χ1) is 41.0. The maximum Gasteiger partial charge on any atom is 0.306 e. The van der Waals surface area contributed by atoms with Gasteiger partial charge in [-0.15, -0.1) is 0 Å². The Balaban J connectivity index is 4.36. The van der Waals surface area contributed by atoms with E-state index < -0.39 is 6.10 Å². The highest BCUT2D eigenvalue weighted by Gasteiger charge is 2.19. The van der Waals surface area contributed by atoms with Crippen molar-refractivity contribution in [1.82, 2.24) is 0 Å². The third-order valence-corrected chi connectivity index (χ3v) is 15.9. The number of rotatable bonds is 66. The zero-order valence-electron chi connectivity index (χ0n) is 55.2. The van der Waals surface area contributed by atoms with E-state index in [2.05, 4.69) is 106 Å². The molecule has 0 aliphatic rings. The molecule has 0 aromatic rings. The second-order valence-corrected chi connectivity index (χ2v) is 24.1. The molecule has 1 unspecified atom stereocenters. The number of esters is 3. The fourth-order valence-electron chi connectivity index (χ4n) is 10.5. The molecular formula is C77H136O6. The van der Waals surface area contributed by atoms with E-state index in [1.54, 1.807) is 0 Å². The van der Waals surface area contributed by atoms with Crippen molar-refractivity contribution in [3.05, 3.63) is 85.1 Å². The summed E-state index contributed by atoms with van der Waals surface area (Å²) in [5, 5.41) is 0. The summed E-state index contributed by atoms with van der Waals surface area (Å²) in [7, 11) is 0. The summed E-state index contributed by atoms with van der Waals surface area (Å²) in [5.41, 5.74) is 0. The van der Waals surface area contributed by atoms with Crippen LogP contribution in [0.5, 0.6) is 0 Å². The molecule has 0 aromatic heterocycles. The molecular weight excluding hydrogens is 1020 g/mol. The van der Waals surface area contributed by atoms with Crippen molar-refractivity contribution in [2.24, 2.45) is 0 Å². The number of allylic oxidation sites excluding steroid dienone is 14. The topological polar surface area (TPSA) is 78.9 Å². The lowest BCUT2D eigenvalue weighted by atomic mass is 10.0. The number of carbonyl (C=O) groups excluding carboxylic acids is 3. The predicted octanol–water partition coefficient (Wildman–Crippen LogP) is 25.0. The van der Waals surface area contributed by atoms with E-state index in [1.165, 1.54) is 238 Å². The number of ether oxygens (including phenoxy) is 3. The molecule has 0 aliphatic carbocycles. The third kappa shape index (κ3) is 69.3. The van der Waals surface area contributed by atoms with Gasteiger partial charge in [-0.2, -0.15) is 0 Å². The van der Waals surface area contributed by atoms with Crippen LogP contribution >= 0.6 is 0 Å². The van der Waals surface area contributed by atoms with Crippen LogP contribution in [-0.2, 0) is 28.6 Å². The fraction of sp³-hybridized carbons (Fsp3) is 0.779. The van der Waals surface area contributed by atoms with E-state index in [-0.39, 0.29) is 37.5 Å². The second kappa shape index (κ2) is 71.1. The molecule has 0 saturated heterocycles. The Bertz CT molecular complexity index is 1570. The Labute approximate surface area is 515 Å². The fourth-order valence-corrected chi connectivity index (χ4v) is 10.5. The Hall–Kier alpha value is -3.41. The van der Waals surface area contributed by atoms with E-state index >= 15 is 0 Å². The van der Waals surface area contributed by atoms with Gasteiger partial charge in [0.05, 0.1) is 0 Å². The Morgan fingerprint density at radius 2 is 0.482 bits per heavy atom. The highest BCUT2D eigenvalue weighted by molar-refractivity contribution is 5.71. The Morgan fingerprint density at radius 1 is 0.253 bits per heavy atom. The molecule has 6 nitrogen and oxygen atoms in total. The maximum atomic E-state index is 13.0. The largest absolute Gasteiger partial charge is 0.462 e. The predicted molar refractivity (Wildman–Crippen MR) is 362 cm³/mol. The summed E-state index contributed by atoms with van der Waals surface area (Å²) >= 11 is 0. The molecule has 0 rings (SSSR count). The van der Waals surface area contributed by atoms with Crippen LogP contribution in [0.3, 0.4) is 0 Å². The SMILES string of the molecule is CC/C=C\C/C=C\C/C=C\C/C=C\C/C=C\CCCC(=O)OCC(COC(=O)CCCCCCCCCCCCCCCCCCCCCCCCCCC)OC(=O)CCCCCCCCCCCCC/C=C\C/C=C\CCCCCCC. The van der Waals surface area contributed by atoms with Gasteiger partial charge in [-0.05, 0) is 89.9 Å². The van der Waals surface area contributed by atoms with Gasteiger partial charge in [0.25, 0.3) is 0 Å². The highest BCUT2D eigenvalue weighted by Crippen LogP contribution is 2.18. The van der Waals surface area contributed by atoms with Crippen molar-refractivity contribution in [1.29, 1.82) is 0 Å². The Morgan fingerprint density at radius 3 is 0.783 bits per heavy atom. The summed E-state index contributed by atoms with van der Waals surface area (Å²) in [6, 6.07) is 0. The molecule has 0 radical (unpaired) electrons. The van der Waals surface area contributed by atoms with E-state index in [9.17, 15) is 14.4 Å². The Kier molecular flexibility index (Phi) is 68.2. The van der Waals surface area contributed by atoms with E-state index in [0.717, 1.165) is 83.5 Å². The molecule has 0 N–H and O–H groups in total. The summed E-state index contributed by atoms with van der Waals surface area (Å²) in [5.74, 6) is -0.934. The van der Waals surface area contributed by atoms with Gasteiger partial charge in [0.1, 0.15) is 13.2 Å². The van der Waals surface area contributed by atoms with Gasteiger partial charge in [0, 0.05) is 19.3 Å². The van der Waals surface area contributed by atoms with Crippen LogP contribution in [0.2, 0.25) is 0 Å². The van der Waals surface area contributed by atoms with Crippen molar-refractivity contribution < 1.29 is 28.6 Å². The number of hydrogen-bond acceptors (Lipinski definition) is 6. The molecule has 0 saturated carbocycles. The van der Waals surface area contributed by atoms with Gasteiger partial charge in [0.15, 0.2) is 6.10 Å². The second-order valence-electron chi connectivity index (χ2n) is 24.1. The van der Waals surface area contributed by atoms with Crippen LogP contribution in [0, 0.1) is 0 Å². The smallest absolute Gasteiger partial charge is 0.306 e. The summed E-state index contributed by atoms with van der Waals surface area (Å²) < 4.78 is 17.0. The van der Waals surface area contributed by atoms with Crippen LogP contribution in [0.15, 0.2) is 85.1 Å².